The third kappa shape index (κ3) is 4.59. The molecule has 0 atom stereocenters. The maximum atomic E-state index is 13.0. The van der Waals surface area contributed by atoms with Crippen LogP contribution in [0.1, 0.15) is 30.4 Å². The Bertz CT molecular complexity index is 1660. The van der Waals surface area contributed by atoms with Gasteiger partial charge >= 0.3 is 5.97 Å². The highest BCUT2D eigenvalue weighted by molar-refractivity contribution is 7.22. The summed E-state index contributed by atoms with van der Waals surface area (Å²) in [5, 5.41) is 16.8. The number of anilines is 2. The number of hydrogen-bond acceptors (Lipinski definition) is 6. The van der Waals surface area contributed by atoms with Gasteiger partial charge in [0.2, 0.25) is 0 Å². The summed E-state index contributed by atoms with van der Waals surface area (Å²) >= 11 is 14.8. The molecule has 0 unspecified atom stereocenters. The van der Waals surface area contributed by atoms with E-state index in [1.54, 1.807) is 24.3 Å². The third-order valence-electron chi connectivity index (χ3n) is 5.07. The van der Waals surface area contributed by atoms with E-state index < -0.39 is 17.8 Å². The summed E-state index contributed by atoms with van der Waals surface area (Å²) < 4.78 is 1.63. The Kier molecular flexibility index (Phi) is 6.16. The van der Waals surface area contributed by atoms with E-state index in [1.165, 1.54) is 40.9 Å². The van der Waals surface area contributed by atoms with Crippen LogP contribution in [-0.2, 0) is 0 Å². The van der Waals surface area contributed by atoms with E-state index in [9.17, 15) is 19.5 Å². The molecule has 0 saturated heterocycles. The average molecular weight is 542 g/mol. The molecule has 0 aliphatic carbocycles. The summed E-state index contributed by atoms with van der Waals surface area (Å²) in [6, 6.07) is 16.4. The van der Waals surface area contributed by atoms with Gasteiger partial charge in [-0.1, -0.05) is 52.7 Å². The monoisotopic (exact) mass is 541 g/mol. The molecule has 3 N–H and O–H groups in total. The van der Waals surface area contributed by atoms with Crippen molar-refractivity contribution in [3.63, 3.8) is 0 Å². The first-order chi connectivity index (χ1) is 16.8. The smallest absolute Gasteiger partial charge is 0.337 e. The number of carbonyl (C=O) groups excluding carboxylic acids is 2. The number of nitrogens with one attached hydrogen (secondary N) is 2. The number of nitrogens with zero attached hydrogens (tertiary/aromatic N) is 1. The van der Waals surface area contributed by atoms with Gasteiger partial charge in [-0.3, -0.25) is 14.9 Å². The van der Waals surface area contributed by atoms with Crippen LogP contribution in [0.25, 0.3) is 20.3 Å². The summed E-state index contributed by atoms with van der Waals surface area (Å²) in [5.41, 5.74) is 0.635. The van der Waals surface area contributed by atoms with Crippen LogP contribution < -0.4 is 10.6 Å². The van der Waals surface area contributed by atoms with E-state index in [4.69, 9.17) is 23.2 Å². The first-order valence-electron chi connectivity index (χ1n) is 10.0. The first-order valence-corrected chi connectivity index (χ1v) is 12.4. The van der Waals surface area contributed by atoms with Crippen LogP contribution in [0.3, 0.4) is 0 Å². The number of hydrogen-bond donors (Lipinski definition) is 3. The Morgan fingerprint density at radius 3 is 2.43 bits per heavy atom. The molecular formula is C24H13Cl2N3O4S2. The van der Waals surface area contributed by atoms with Gasteiger partial charge in [-0.2, -0.15) is 0 Å². The Morgan fingerprint density at radius 1 is 0.857 bits per heavy atom. The zero-order valence-corrected chi connectivity index (χ0v) is 20.6. The third-order valence-corrected chi connectivity index (χ3v) is 7.92. The predicted octanol–water partition coefficient (Wildman–Crippen LogP) is 7.02. The van der Waals surface area contributed by atoms with Gasteiger partial charge in [0.05, 0.1) is 26.5 Å². The van der Waals surface area contributed by atoms with Gasteiger partial charge in [0.15, 0.2) is 5.13 Å². The zero-order chi connectivity index (χ0) is 24.7. The van der Waals surface area contributed by atoms with Crippen molar-refractivity contribution in [1.82, 2.24) is 4.98 Å². The molecule has 3 aromatic carbocycles. The van der Waals surface area contributed by atoms with Crippen molar-refractivity contribution in [3.05, 3.63) is 86.7 Å². The van der Waals surface area contributed by atoms with Gasteiger partial charge < -0.3 is 10.4 Å². The fourth-order valence-electron chi connectivity index (χ4n) is 3.44. The summed E-state index contributed by atoms with van der Waals surface area (Å²) in [7, 11) is 0. The summed E-state index contributed by atoms with van der Waals surface area (Å²) in [5.74, 6) is -2.33. The molecule has 2 aromatic heterocycles. The van der Waals surface area contributed by atoms with Gasteiger partial charge in [0, 0.05) is 20.7 Å². The molecular weight excluding hydrogens is 529 g/mol. The van der Waals surface area contributed by atoms with Crippen molar-refractivity contribution >= 4 is 94.8 Å². The quantitative estimate of drug-likeness (QED) is 0.221. The molecule has 0 saturated carbocycles. The van der Waals surface area contributed by atoms with Crippen molar-refractivity contribution in [3.8, 4) is 0 Å². The number of rotatable bonds is 5. The number of fused-ring (bicyclic) bond motifs is 2. The van der Waals surface area contributed by atoms with E-state index >= 15 is 0 Å². The van der Waals surface area contributed by atoms with Crippen LogP contribution in [0, 0.1) is 0 Å². The van der Waals surface area contributed by atoms with Crippen LogP contribution in [0.15, 0.2) is 60.7 Å². The standard InChI is InChI=1S/C24H13Cl2N3O4S2/c25-12-6-8-15-18(10-12)35-24(28-15)29-21(30)11-5-7-13(23(32)33)16(9-11)27-22(31)20-19(26)14-3-1-2-4-17(14)34-20/h1-10H,(H,27,31)(H,32,33)(H,28,29,30). The van der Waals surface area contributed by atoms with Crippen molar-refractivity contribution in [2.24, 2.45) is 0 Å². The van der Waals surface area contributed by atoms with E-state index in [0.29, 0.717) is 15.7 Å². The number of carboxylic acids is 1. The molecule has 0 aliphatic rings. The highest BCUT2D eigenvalue weighted by atomic mass is 35.5. The molecule has 7 nitrogen and oxygen atoms in total. The maximum absolute atomic E-state index is 13.0. The second-order valence-corrected chi connectivity index (χ2v) is 10.2. The van der Waals surface area contributed by atoms with Crippen molar-refractivity contribution in [2.75, 3.05) is 10.6 Å². The lowest BCUT2D eigenvalue weighted by atomic mass is 10.1. The van der Waals surface area contributed by atoms with Gasteiger partial charge in [0.25, 0.3) is 11.8 Å². The van der Waals surface area contributed by atoms with Crippen LogP contribution in [0.5, 0.6) is 0 Å². The molecule has 0 aliphatic heterocycles. The minimum Gasteiger partial charge on any atom is -0.478 e. The number of halogens is 2. The van der Waals surface area contributed by atoms with E-state index in [2.05, 4.69) is 15.6 Å². The van der Waals surface area contributed by atoms with Crippen molar-refractivity contribution < 1.29 is 19.5 Å². The molecule has 2 amide bonds. The highest BCUT2D eigenvalue weighted by Crippen LogP contribution is 2.36. The molecule has 0 fully saturated rings. The molecule has 174 valence electrons. The fraction of sp³-hybridized carbons (Fsp3) is 0. The van der Waals surface area contributed by atoms with Crippen LogP contribution >= 0.6 is 45.9 Å². The molecule has 5 rings (SSSR count). The maximum Gasteiger partial charge on any atom is 0.337 e. The number of amides is 2. The van der Waals surface area contributed by atoms with Crippen LogP contribution in [-0.4, -0.2) is 27.9 Å². The SMILES string of the molecule is O=C(Nc1nc2ccc(Cl)cc2s1)c1ccc(C(=O)O)c(NC(=O)c2sc3ccccc3c2Cl)c1. The van der Waals surface area contributed by atoms with E-state index in [-0.39, 0.29) is 26.7 Å². The van der Waals surface area contributed by atoms with Crippen LogP contribution in [0.4, 0.5) is 10.8 Å². The first kappa shape index (κ1) is 23.3. The second kappa shape index (κ2) is 9.27. The molecule has 5 aromatic rings. The second-order valence-electron chi connectivity index (χ2n) is 7.35. The lowest BCUT2D eigenvalue weighted by Gasteiger charge is -2.10. The Morgan fingerprint density at radius 2 is 1.66 bits per heavy atom. The zero-order valence-electron chi connectivity index (χ0n) is 17.5. The van der Waals surface area contributed by atoms with Crippen molar-refractivity contribution in [1.29, 1.82) is 0 Å². The normalized spacial score (nSPS) is 11.0. The number of thiazole rings is 1. The lowest BCUT2D eigenvalue weighted by molar-refractivity contribution is 0.0697. The van der Waals surface area contributed by atoms with Gasteiger partial charge in [-0.15, -0.1) is 11.3 Å². The number of carboxylic acid groups (broad SMARTS) is 1. The van der Waals surface area contributed by atoms with Gasteiger partial charge in [0.1, 0.15) is 4.88 Å². The largest absolute Gasteiger partial charge is 0.478 e. The highest BCUT2D eigenvalue weighted by Gasteiger charge is 2.21. The fourth-order valence-corrected chi connectivity index (χ4v) is 5.98. The molecule has 2 heterocycles. The van der Waals surface area contributed by atoms with E-state index in [0.717, 1.165) is 14.8 Å². The lowest BCUT2D eigenvalue weighted by Crippen LogP contribution is -2.17. The number of aromatic nitrogens is 1. The summed E-state index contributed by atoms with van der Waals surface area (Å²) in [6.07, 6.45) is 0. The minimum absolute atomic E-state index is 0.0280. The molecule has 35 heavy (non-hydrogen) atoms. The van der Waals surface area contributed by atoms with Gasteiger partial charge in [-0.25, -0.2) is 9.78 Å². The topological polar surface area (TPSA) is 108 Å². The van der Waals surface area contributed by atoms with Crippen LogP contribution in [0.2, 0.25) is 10.0 Å². The molecule has 0 radical (unpaired) electrons. The Labute approximate surface area is 215 Å². The van der Waals surface area contributed by atoms with E-state index in [1.807, 2.05) is 18.2 Å². The molecule has 0 spiro atoms. The number of thiophene rings is 1. The van der Waals surface area contributed by atoms with Crippen molar-refractivity contribution in [2.45, 2.75) is 0 Å². The van der Waals surface area contributed by atoms with Gasteiger partial charge in [-0.05, 0) is 42.5 Å². The summed E-state index contributed by atoms with van der Waals surface area (Å²) in [6.45, 7) is 0. The average Bonchev–Trinajstić information content (AvgIpc) is 3.38. The molecule has 0 bridgehead atoms. The number of benzene rings is 3. The summed E-state index contributed by atoms with van der Waals surface area (Å²) in [4.78, 5) is 42.2. The Hall–Kier alpha value is -3.50. The minimum atomic E-state index is -1.25. The number of aromatic carboxylic acids is 1. The predicted molar refractivity (Wildman–Crippen MR) is 141 cm³/mol. The Balaban J connectivity index is 1.43. The number of carbonyl (C=O) groups is 3. The molecule has 11 heteroatoms.